The van der Waals surface area contributed by atoms with Crippen LogP contribution in [0.5, 0.6) is 0 Å². The lowest BCUT2D eigenvalue weighted by molar-refractivity contribution is -0.142. The maximum atomic E-state index is 12.1. The van der Waals surface area contributed by atoms with Gasteiger partial charge in [0.25, 0.3) is 0 Å². The van der Waals surface area contributed by atoms with E-state index >= 15 is 0 Å². The second-order valence-corrected chi connectivity index (χ2v) is 4.98. The van der Waals surface area contributed by atoms with E-state index in [9.17, 15) is 9.59 Å². The molecule has 0 radical (unpaired) electrons. The minimum absolute atomic E-state index is 0.0294. The summed E-state index contributed by atoms with van der Waals surface area (Å²) in [6, 6.07) is 0.122. The molecule has 1 saturated heterocycles. The summed E-state index contributed by atoms with van der Waals surface area (Å²) < 4.78 is 0. The molecule has 1 rings (SSSR count). The van der Waals surface area contributed by atoms with Crippen molar-refractivity contribution in [3.63, 3.8) is 0 Å². The third-order valence-electron chi connectivity index (χ3n) is 3.75. The zero-order valence-corrected chi connectivity index (χ0v) is 11.0. The van der Waals surface area contributed by atoms with Gasteiger partial charge in [0.2, 0.25) is 0 Å². The summed E-state index contributed by atoms with van der Waals surface area (Å²) in [5.74, 6) is -1.20. The van der Waals surface area contributed by atoms with Gasteiger partial charge in [-0.05, 0) is 19.3 Å². The first-order chi connectivity index (χ1) is 7.88. The molecule has 17 heavy (non-hydrogen) atoms. The van der Waals surface area contributed by atoms with Crippen LogP contribution < -0.4 is 0 Å². The molecular weight excluding hydrogens is 220 g/mol. The quantitative estimate of drug-likeness (QED) is 0.815. The van der Waals surface area contributed by atoms with Crippen LogP contribution in [0.2, 0.25) is 0 Å². The van der Waals surface area contributed by atoms with Gasteiger partial charge in [0, 0.05) is 26.2 Å². The van der Waals surface area contributed by atoms with Crippen LogP contribution in [-0.2, 0) is 4.79 Å². The Morgan fingerprint density at radius 3 is 2.47 bits per heavy atom. The van der Waals surface area contributed by atoms with Gasteiger partial charge < -0.3 is 14.9 Å². The van der Waals surface area contributed by atoms with Crippen LogP contribution in [0.15, 0.2) is 0 Å². The van der Waals surface area contributed by atoms with E-state index in [1.807, 2.05) is 20.8 Å². The van der Waals surface area contributed by atoms with Gasteiger partial charge >= 0.3 is 12.0 Å². The van der Waals surface area contributed by atoms with E-state index in [1.165, 1.54) is 0 Å². The maximum Gasteiger partial charge on any atom is 0.320 e. The van der Waals surface area contributed by atoms with Gasteiger partial charge in [-0.2, -0.15) is 0 Å². The summed E-state index contributed by atoms with van der Waals surface area (Å²) >= 11 is 0. The van der Waals surface area contributed by atoms with Crippen molar-refractivity contribution in [2.45, 2.75) is 33.2 Å². The molecule has 0 aromatic carbocycles. The minimum Gasteiger partial charge on any atom is -0.481 e. The van der Waals surface area contributed by atoms with Crippen LogP contribution in [0.3, 0.4) is 0 Å². The lowest BCUT2D eigenvalue weighted by atomic mass is 9.99. The van der Waals surface area contributed by atoms with Crippen LogP contribution in [-0.4, -0.2) is 53.1 Å². The van der Waals surface area contributed by atoms with Gasteiger partial charge in [-0.3, -0.25) is 4.79 Å². The highest BCUT2D eigenvalue weighted by Gasteiger charge is 2.38. The molecule has 0 bridgehead atoms. The van der Waals surface area contributed by atoms with Gasteiger partial charge in [0.15, 0.2) is 0 Å². The van der Waals surface area contributed by atoms with Gasteiger partial charge in [0.1, 0.15) is 0 Å². The summed E-state index contributed by atoms with van der Waals surface area (Å²) in [6.07, 6.45) is 0.897. The Kier molecular flexibility index (Phi) is 4.37. The molecule has 1 N–H and O–H groups in total. The Morgan fingerprint density at radius 2 is 2.06 bits per heavy atom. The highest BCUT2D eigenvalue weighted by Crippen LogP contribution is 2.24. The zero-order valence-electron chi connectivity index (χ0n) is 11.0. The molecule has 1 aliphatic rings. The molecule has 0 saturated carbocycles. The standard InChI is InChI=1S/C12H22N2O3/c1-5-9(3)13(4)12(17)14-6-8(2)10(7-14)11(15)16/h8-10H,5-7H2,1-4H3,(H,15,16). The topological polar surface area (TPSA) is 60.9 Å². The number of likely N-dealkylation sites (tertiary alicyclic amines) is 1. The molecule has 1 heterocycles. The highest BCUT2D eigenvalue weighted by atomic mass is 16.4. The summed E-state index contributed by atoms with van der Waals surface area (Å²) in [7, 11) is 1.77. The number of amides is 2. The number of nitrogens with zero attached hydrogens (tertiary/aromatic N) is 2. The van der Waals surface area contributed by atoms with Crippen molar-refractivity contribution in [1.82, 2.24) is 9.80 Å². The number of hydrogen-bond donors (Lipinski definition) is 1. The van der Waals surface area contributed by atoms with Crippen molar-refractivity contribution < 1.29 is 14.7 Å². The van der Waals surface area contributed by atoms with Crippen molar-refractivity contribution in [3.05, 3.63) is 0 Å². The number of rotatable bonds is 3. The molecule has 2 amide bonds. The van der Waals surface area contributed by atoms with E-state index in [1.54, 1.807) is 16.8 Å². The third-order valence-corrected chi connectivity index (χ3v) is 3.75. The first kappa shape index (κ1) is 13.8. The van der Waals surface area contributed by atoms with E-state index in [4.69, 9.17) is 5.11 Å². The van der Waals surface area contributed by atoms with E-state index < -0.39 is 11.9 Å². The minimum atomic E-state index is -0.806. The Labute approximate surface area is 102 Å². The van der Waals surface area contributed by atoms with Crippen LogP contribution in [0.1, 0.15) is 27.2 Å². The van der Waals surface area contributed by atoms with Gasteiger partial charge in [-0.1, -0.05) is 13.8 Å². The fraction of sp³-hybridized carbons (Fsp3) is 0.833. The predicted molar refractivity (Wildman–Crippen MR) is 64.8 cm³/mol. The monoisotopic (exact) mass is 242 g/mol. The zero-order chi connectivity index (χ0) is 13.2. The number of carbonyl (C=O) groups excluding carboxylic acids is 1. The smallest absolute Gasteiger partial charge is 0.320 e. The summed E-state index contributed by atoms with van der Waals surface area (Å²) in [6.45, 7) is 6.77. The van der Waals surface area contributed by atoms with Crippen LogP contribution >= 0.6 is 0 Å². The summed E-state index contributed by atoms with van der Waals surface area (Å²) in [5, 5.41) is 9.03. The van der Waals surface area contributed by atoms with E-state index in [0.717, 1.165) is 6.42 Å². The lowest BCUT2D eigenvalue weighted by Gasteiger charge is -2.29. The van der Waals surface area contributed by atoms with Crippen LogP contribution in [0, 0.1) is 11.8 Å². The van der Waals surface area contributed by atoms with E-state index in [-0.39, 0.29) is 18.0 Å². The molecule has 3 unspecified atom stereocenters. The molecule has 0 aromatic heterocycles. The van der Waals surface area contributed by atoms with Crippen LogP contribution in [0.4, 0.5) is 4.79 Å². The first-order valence-corrected chi connectivity index (χ1v) is 6.13. The maximum absolute atomic E-state index is 12.1. The molecule has 5 heteroatoms. The van der Waals surface area contributed by atoms with E-state index in [2.05, 4.69) is 0 Å². The fourth-order valence-corrected chi connectivity index (χ4v) is 2.13. The normalized spacial score (nSPS) is 25.8. The molecule has 0 spiro atoms. The average Bonchev–Trinajstić information content (AvgIpc) is 2.68. The van der Waals surface area contributed by atoms with Gasteiger partial charge in [-0.25, -0.2) is 4.79 Å². The molecular formula is C12H22N2O3. The van der Waals surface area contributed by atoms with Gasteiger partial charge in [-0.15, -0.1) is 0 Å². The predicted octanol–water partition coefficient (Wildman–Crippen LogP) is 1.49. The largest absolute Gasteiger partial charge is 0.481 e. The molecule has 5 nitrogen and oxygen atoms in total. The molecule has 1 aliphatic heterocycles. The van der Waals surface area contributed by atoms with Crippen molar-refractivity contribution in [2.75, 3.05) is 20.1 Å². The second-order valence-electron chi connectivity index (χ2n) is 4.98. The molecule has 98 valence electrons. The van der Waals surface area contributed by atoms with E-state index in [0.29, 0.717) is 13.1 Å². The Morgan fingerprint density at radius 1 is 1.47 bits per heavy atom. The third kappa shape index (κ3) is 2.90. The van der Waals surface area contributed by atoms with Gasteiger partial charge in [0.05, 0.1) is 5.92 Å². The number of urea groups is 1. The average molecular weight is 242 g/mol. The fourth-order valence-electron chi connectivity index (χ4n) is 2.13. The van der Waals surface area contributed by atoms with Crippen molar-refractivity contribution in [1.29, 1.82) is 0 Å². The SMILES string of the molecule is CCC(C)N(C)C(=O)N1CC(C)C(C(=O)O)C1. The van der Waals surface area contributed by atoms with Crippen molar-refractivity contribution in [2.24, 2.45) is 11.8 Å². The number of aliphatic carboxylic acids is 1. The molecule has 3 atom stereocenters. The highest BCUT2D eigenvalue weighted by molar-refractivity contribution is 5.77. The van der Waals surface area contributed by atoms with Crippen LogP contribution in [0.25, 0.3) is 0 Å². The Balaban J connectivity index is 2.64. The summed E-state index contributed by atoms with van der Waals surface area (Å²) in [4.78, 5) is 26.4. The Bertz CT molecular complexity index is 306. The Hall–Kier alpha value is -1.26. The van der Waals surface area contributed by atoms with Crippen molar-refractivity contribution >= 4 is 12.0 Å². The number of carbonyl (C=O) groups is 2. The number of hydrogen-bond acceptors (Lipinski definition) is 2. The number of carboxylic acid groups (broad SMARTS) is 1. The molecule has 0 aliphatic carbocycles. The molecule has 0 aromatic rings. The number of carboxylic acids is 1. The summed E-state index contributed by atoms with van der Waals surface area (Å²) in [5.41, 5.74) is 0. The lowest BCUT2D eigenvalue weighted by Crippen LogP contribution is -2.44. The second kappa shape index (κ2) is 5.38. The van der Waals surface area contributed by atoms with Crippen molar-refractivity contribution in [3.8, 4) is 0 Å². The first-order valence-electron chi connectivity index (χ1n) is 6.13. The molecule has 1 fully saturated rings.